The zero-order chi connectivity index (χ0) is 21.6. The van der Waals surface area contributed by atoms with E-state index in [2.05, 4.69) is 0 Å². The summed E-state index contributed by atoms with van der Waals surface area (Å²) in [5.41, 5.74) is -0.00506. The third-order valence-electron chi connectivity index (χ3n) is 6.24. The Morgan fingerprint density at radius 3 is 2.37 bits per heavy atom. The number of carbonyl (C=O) groups excluding carboxylic acids is 3. The minimum atomic E-state index is -1.37. The number of likely N-dealkylation sites (tertiary alicyclic amines) is 1. The number of imide groups is 1. The highest BCUT2D eigenvalue weighted by atomic mass is 19.1. The lowest BCUT2D eigenvalue weighted by molar-refractivity contribution is -0.734. The topological polar surface area (TPSA) is 101 Å². The number of amides is 2. The molecule has 0 saturated carbocycles. The first kappa shape index (κ1) is 20.0. The van der Waals surface area contributed by atoms with Gasteiger partial charge in [0.25, 0.3) is 0 Å². The van der Waals surface area contributed by atoms with Crippen LogP contribution in [0, 0.1) is 17.7 Å². The maximum Gasteiger partial charge on any atom is 0.369 e. The highest BCUT2D eigenvalue weighted by Crippen LogP contribution is 2.45. The monoisotopic (exact) mass is 413 g/mol. The lowest BCUT2D eigenvalue weighted by atomic mass is 9.76. The fraction of sp³-hybridized carbons (Fsp3) is 0.318. The molecule has 0 aliphatic carbocycles. The molecule has 0 bridgehead atoms. The van der Waals surface area contributed by atoms with Crippen LogP contribution in [-0.4, -0.2) is 47.5 Å². The van der Waals surface area contributed by atoms with Crippen molar-refractivity contribution in [2.24, 2.45) is 11.8 Å². The van der Waals surface area contributed by atoms with Gasteiger partial charge in [-0.2, -0.15) is 0 Å². The maximum absolute atomic E-state index is 13.5. The Bertz CT molecular complexity index is 1010. The van der Waals surface area contributed by atoms with Gasteiger partial charge in [-0.3, -0.25) is 14.5 Å². The number of ether oxygens (including phenoxy) is 1. The molecule has 2 saturated heterocycles. The number of fused-ring (bicyclic) bond motifs is 1. The molecule has 156 valence electrons. The summed E-state index contributed by atoms with van der Waals surface area (Å²) in [4.78, 5) is 40.2. The van der Waals surface area contributed by atoms with Gasteiger partial charge in [0.05, 0.1) is 7.11 Å². The van der Waals surface area contributed by atoms with E-state index in [4.69, 9.17) is 4.74 Å². The molecule has 8 heteroatoms. The predicted molar refractivity (Wildman–Crippen MR) is 102 cm³/mol. The fourth-order valence-corrected chi connectivity index (χ4v) is 4.83. The summed E-state index contributed by atoms with van der Waals surface area (Å²) in [5, 5.41) is 11.3. The van der Waals surface area contributed by atoms with Crippen LogP contribution in [0.15, 0.2) is 48.5 Å². The second kappa shape index (κ2) is 7.21. The average Bonchev–Trinajstić information content (AvgIpc) is 3.20. The summed E-state index contributed by atoms with van der Waals surface area (Å²) in [6.45, 7) is 0. The van der Waals surface area contributed by atoms with E-state index >= 15 is 0 Å². The maximum atomic E-state index is 13.5. The Kier molecular flexibility index (Phi) is 4.82. The summed E-state index contributed by atoms with van der Waals surface area (Å²) in [7, 11) is 2.66. The van der Waals surface area contributed by atoms with Gasteiger partial charge in [-0.25, -0.2) is 9.18 Å². The van der Waals surface area contributed by atoms with Gasteiger partial charge in [0.1, 0.15) is 29.4 Å². The van der Waals surface area contributed by atoms with Crippen LogP contribution >= 0.6 is 0 Å². The Morgan fingerprint density at radius 2 is 1.77 bits per heavy atom. The van der Waals surface area contributed by atoms with Crippen molar-refractivity contribution in [3.05, 3.63) is 65.5 Å². The highest BCUT2D eigenvalue weighted by molar-refractivity contribution is 6.08. The SMILES string of the molecule is COC(=O)[C@]1(Cc2ccc(O)cc2)[NH2+][C@H](c2ccc(F)cc2)[C@H]2C(=O)N(C)C(=O)[C@H]21. The van der Waals surface area contributed by atoms with Crippen LogP contribution in [0.25, 0.3) is 0 Å². The van der Waals surface area contributed by atoms with Gasteiger partial charge in [-0.1, -0.05) is 24.3 Å². The molecule has 0 radical (unpaired) electrons. The number of hydrogen-bond acceptors (Lipinski definition) is 5. The zero-order valence-electron chi connectivity index (χ0n) is 16.5. The second-order valence-corrected chi connectivity index (χ2v) is 7.86. The fourth-order valence-electron chi connectivity index (χ4n) is 4.83. The van der Waals surface area contributed by atoms with Crippen LogP contribution < -0.4 is 5.32 Å². The summed E-state index contributed by atoms with van der Waals surface area (Å²) in [6.07, 6.45) is 0.131. The van der Waals surface area contributed by atoms with E-state index in [0.29, 0.717) is 11.1 Å². The van der Waals surface area contributed by atoms with Crippen molar-refractivity contribution in [3.8, 4) is 5.75 Å². The molecule has 4 atom stereocenters. The number of aromatic hydroxyl groups is 1. The number of methoxy groups -OCH3 is 1. The number of nitrogens with two attached hydrogens (primary N) is 1. The van der Waals surface area contributed by atoms with E-state index in [-0.39, 0.29) is 18.1 Å². The molecule has 0 unspecified atom stereocenters. The molecule has 2 aliphatic rings. The molecule has 30 heavy (non-hydrogen) atoms. The first-order valence-electron chi connectivity index (χ1n) is 9.57. The van der Waals surface area contributed by atoms with E-state index in [0.717, 1.165) is 4.90 Å². The molecule has 2 fully saturated rings. The van der Waals surface area contributed by atoms with Crippen molar-refractivity contribution >= 4 is 17.8 Å². The number of nitrogens with zero attached hydrogens (tertiary/aromatic N) is 1. The Morgan fingerprint density at radius 1 is 1.13 bits per heavy atom. The minimum absolute atomic E-state index is 0.0789. The molecule has 4 rings (SSSR count). The first-order valence-corrected chi connectivity index (χ1v) is 9.57. The van der Waals surface area contributed by atoms with Crippen LogP contribution in [0.3, 0.4) is 0 Å². The molecular formula is C22H22FN2O5+. The molecule has 2 heterocycles. The van der Waals surface area contributed by atoms with E-state index in [9.17, 15) is 23.9 Å². The summed E-state index contributed by atoms with van der Waals surface area (Å²) >= 11 is 0. The van der Waals surface area contributed by atoms with E-state index in [1.807, 2.05) is 0 Å². The van der Waals surface area contributed by atoms with E-state index < -0.39 is 41.1 Å². The number of benzene rings is 2. The number of quaternary nitrogens is 1. The highest BCUT2D eigenvalue weighted by Gasteiger charge is 2.71. The molecule has 2 amide bonds. The van der Waals surface area contributed by atoms with Crippen LogP contribution in [0.5, 0.6) is 5.75 Å². The van der Waals surface area contributed by atoms with Gasteiger partial charge in [-0.05, 0) is 29.8 Å². The smallest absolute Gasteiger partial charge is 0.369 e. The number of phenolic OH excluding ortho intramolecular Hbond substituents is 1. The third kappa shape index (κ3) is 2.95. The number of hydrogen-bond donors (Lipinski definition) is 2. The number of carbonyl (C=O) groups is 3. The number of phenols is 1. The zero-order valence-corrected chi connectivity index (χ0v) is 16.5. The quantitative estimate of drug-likeness (QED) is 0.563. The molecule has 2 aliphatic heterocycles. The average molecular weight is 413 g/mol. The van der Waals surface area contributed by atoms with Gasteiger partial charge in [0.15, 0.2) is 0 Å². The molecular weight excluding hydrogens is 391 g/mol. The summed E-state index contributed by atoms with van der Waals surface area (Å²) < 4.78 is 18.6. The molecule has 7 nitrogen and oxygen atoms in total. The summed E-state index contributed by atoms with van der Waals surface area (Å²) in [5.74, 6) is -3.44. The van der Waals surface area contributed by atoms with Gasteiger partial charge < -0.3 is 15.2 Å². The normalized spacial score (nSPS) is 28.0. The molecule has 3 N–H and O–H groups in total. The largest absolute Gasteiger partial charge is 0.508 e. The van der Waals surface area contributed by atoms with Gasteiger partial charge in [-0.15, -0.1) is 0 Å². The lowest BCUT2D eigenvalue weighted by Gasteiger charge is -2.29. The van der Waals surface area contributed by atoms with Gasteiger partial charge in [0.2, 0.25) is 17.4 Å². The summed E-state index contributed by atoms with van der Waals surface area (Å²) in [6, 6.07) is 11.5. The van der Waals surface area contributed by atoms with Gasteiger partial charge >= 0.3 is 5.97 Å². The molecule has 2 aromatic rings. The van der Waals surface area contributed by atoms with Crippen molar-refractivity contribution < 1.29 is 33.9 Å². The van der Waals surface area contributed by atoms with Crippen molar-refractivity contribution in [1.29, 1.82) is 0 Å². The second-order valence-electron chi connectivity index (χ2n) is 7.86. The predicted octanol–water partition coefficient (Wildman–Crippen LogP) is 0.535. The van der Waals surface area contributed by atoms with E-state index in [1.54, 1.807) is 29.6 Å². The Hall–Kier alpha value is -3.26. The van der Waals surface area contributed by atoms with Crippen molar-refractivity contribution in [2.45, 2.75) is 18.0 Å². The third-order valence-corrected chi connectivity index (χ3v) is 6.24. The van der Waals surface area contributed by atoms with Crippen molar-refractivity contribution in [2.75, 3.05) is 14.2 Å². The van der Waals surface area contributed by atoms with Crippen molar-refractivity contribution in [3.63, 3.8) is 0 Å². The molecule has 0 spiro atoms. The van der Waals surface area contributed by atoms with Crippen LogP contribution in [0.1, 0.15) is 17.2 Å². The number of halogens is 1. The van der Waals surface area contributed by atoms with Crippen LogP contribution in [0.2, 0.25) is 0 Å². The molecule has 0 aromatic heterocycles. The lowest BCUT2D eigenvalue weighted by Crippen LogP contribution is -2.98. The minimum Gasteiger partial charge on any atom is -0.508 e. The van der Waals surface area contributed by atoms with Crippen LogP contribution in [-0.2, 0) is 25.5 Å². The molecule has 2 aromatic carbocycles. The van der Waals surface area contributed by atoms with Crippen LogP contribution in [0.4, 0.5) is 4.39 Å². The Balaban J connectivity index is 1.84. The number of rotatable bonds is 4. The van der Waals surface area contributed by atoms with Gasteiger partial charge in [0, 0.05) is 19.0 Å². The standard InChI is InChI=1S/C22H21FN2O5/c1-25-19(27)16-17(20(25)28)22(21(29)30-2,11-12-3-9-15(26)10-4-12)24-18(16)13-5-7-14(23)8-6-13/h3-10,16-18,24,26H,11H2,1-2H3/p+1/t16-,17-,18+,22+/m0/s1. The Labute approximate surface area is 172 Å². The number of esters is 1. The first-order chi connectivity index (χ1) is 14.3. The van der Waals surface area contributed by atoms with Crippen molar-refractivity contribution in [1.82, 2.24) is 4.90 Å². The van der Waals surface area contributed by atoms with E-state index in [1.165, 1.54) is 38.4 Å².